The van der Waals surface area contributed by atoms with E-state index in [2.05, 4.69) is 29.5 Å². The Morgan fingerprint density at radius 3 is 2.83 bits per heavy atom. The third-order valence-electron chi connectivity index (χ3n) is 3.38. The monoisotopic (exact) mass is 247 g/mol. The van der Waals surface area contributed by atoms with E-state index in [0.29, 0.717) is 11.5 Å². The van der Waals surface area contributed by atoms with E-state index in [-0.39, 0.29) is 5.91 Å². The van der Waals surface area contributed by atoms with Crippen LogP contribution in [0.15, 0.2) is 18.3 Å². The Balaban J connectivity index is 1.82. The quantitative estimate of drug-likeness (QED) is 0.811. The van der Waals surface area contributed by atoms with Gasteiger partial charge >= 0.3 is 0 Å². The van der Waals surface area contributed by atoms with Crippen LogP contribution in [-0.4, -0.2) is 24.0 Å². The SMILES string of the molecule is CCCNc1ccc(C(=O)NCC2CC2C)cn1. The maximum atomic E-state index is 11.8. The van der Waals surface area contributed by atoms with Crippen molar-refractivity contribution in [2.75, 3.05) is 18.4 Å². The minimum absolute atomic E-state index is 0.0244. The van der Waals surface area contributed by atoms with Gasteiger partial charge in [-0.25, -0.2) is 4.98 Å². The summed E-state index contributed by atoms with van der Waals surface area (Å²) in [5, 5.41) is 6.14. The summed E-state index contributed by atoms with van der Waals surface area (Å²) in [4.78, 5) is 16.1. The van der Waals surface area contributed by atoms with Crippen LogP contribution in [0.5, 0.6) is 0 Å². The lowest BCUT2D eigenvalue weighted by Crippen LogP contribution is -2.26. The molecule has 0 saturated heterocycles. The van der Waals surface area contributed by atoms with Crippen molar-refractivity contribution in [1.82, 2.24) is 10.3 Å². The fraction of sp³-hybridized carbons (Fsp3) is 0.571. The van der Waals surface area contributed by atoms with Crippen LogP contribution in [0, 0.1) is 11.8 Å². The van der Waals surface area contributed by atoms with Crippen LogP contribution >= 0.6 is 0 Å². The average molecular weight is 247 g/mol. The molecule has 18 heavy (non-hydrogen) atoms. The van der Waals surface area contributed by atoms with Crippen molar-refractivity contribution in [3.8, 4) is 0 Å². The van der Waals surface area contributed by atoms with Crippen molar-refractivity contribution in [1.29, 1.82) is 0 Å². The molecule has 98 valence electrons. The maximum absolute atomic E-state index is 11.8. The van der Waals surface area contributed by atoms with Crippen molar-refractivity contribution >= 4 is 11.7 Å². The normalized spacial score (nSPS) is 21.4. The summed E-state index contributed by atoms with van der Waals surface area (Å²) in [7, 11) is 0. The molecule has 1 aromatic heterocycles. The van der Waals surface area contributed by atoms with Crippen molar-refractivity contribution in [2.24, 2.45) is 11.8 Å². The van der Waals surface area contributed by atoms with Crippen LogP contribution in [0.25, 0.3) is 0 Å². The summed E-state index contributed by atoms with van der Waals surface area (Å²) >= 11 is 0. The molecule has 2 rings (SSSR count). The molecule has 0 spiro atoms. The van der Waals surface area contributed by atoms with Gasteiger partial charge in [-0.2, -0.15) is 0 Å². The summed E-state index contributed by atoms with van der Waals surface area (Å²) in [6.45, 7) is 6.01. The number of anilines is 1. The molecular formula is C14H21N3O. The average Bonchev–Trinajstić information content (AvgIpc) is 3.10. The molecule has 4 heteroatoms. The molecule has 0 radical (unpaired) electrons. The zero-order valence-electron chi connectivity index (χ0n) is 11.1. The van der Waals surface area contributed by atoms with Crippen molar-refractivity contribution in [3.05, 3.63) is 23.9 Å². The summed E-state index contributed by atoms with van der Waals surface area (Å²) in [5.74, 6) is 2.24. The summed E-state index contributed by atoms with van der Waals surface area (Å²) in [5.41, 5.74) is 0.630. The predicted octanol–water partition coefficient (Wildman–Crippen LogP) is 2.29. The Kier molecular flexibility index (Phi) is 4.18. The molecule has 0 aromatic carbocycles. The molecule has 2 unspecified atom stereocenters. The van der Waals surface area contributed by atoms with Gasteiger partial charge in [0.15, 0.2) is 0 Å². The van der Waals surface area contributed by atoms with Gasteiger partial charge in [-0.1, -0.05) is 13.8 Å². The van der Waals surface area contributed by atoms with Gasteiger partial charge in [-0.15, -0.1) is 0 Å². The lowest BCUT2D eigenvalue weighted by atomic mass is 10.2. The van der Waals surface area contributed by atoms with E-state index in [4.69, 9.17) is 0 Å². The maximum Gasteiger partial charge on any atom is 0.252 e. The van der Waals surface area contributed by atoms with Crippen LogP contribution in [0.4, 0.5) is 5.82 Å². The molecule has 0 aliphatic heterocycles. The first-order valence-corrected chi connectivity index (χ1v) is 6.68. The van der Waals surface area contributed by atoms with Gasteiger partial charge in [0.2, 0.25) is 0 Å². The van der Waals surface area contributed by atoms with Gasteiger partial charge in [0.1, 0.15) is 5.82 Å². The van der Waals surface area contributed by atoms with Crippen molar-refractivity contribution in [3.63, 3.8) is 0 Å². The molecule has 1 aromatic rings. The smallest absolute Gasteiger partial charge is 0.252 e. The third-order valence-corrected chi connectivity index (χ3v) is 3.38. The zero-order valence-corrected chi connectivity index (χ0v) is 11.1. The Morgan fingerprint density at radius 1 is 1.50 bits per heavy atom. The van der Waals surface area contributed by atoms with Crippen LogP contribution in [0.1, 0.15) is 37.0 Å². The highest BCUT2D eigenvalue weighted by molar-refractivity contribution is 5.94. The van der Waals surface area contributed by atoms with Gasteiger partial charge in [0.25, 0.3) is 5.91 Å². The molecule has 1 fully saturated rings. The number of nitrogens with zero attached hydrogens (tertiary/aromatic N) is 1. The molecule has 4 nitrogen and oxygen atoms in total. The van der Waals surface area contributed by atoms with Crippen LogP contribution < -0.4 is 10.6 Å². The van der Waals surface area contributed by atoms with Crippen molar-refractivity contribution in [2.45, 2.75) is 26.7 Å². The number of hydrogen-bond acceptors (Lipinski definition) is 3. The Bertz CT molecular complexity index is 402. The van der Waals surface area contributed by atoms with Gasteiger partial charge in [0, 0.05) is 19.3 Å². The highest BCUT2D eigenvalue weighted by atomic mass is 16.1. The van der Waals surface area contributed by atoms with Crippen molar-refractivity contribution < 1.29 is 4.79 Å². The number of carbonyl (C=O) groups excluding carboxylic acids is 1. The highest BCUT2D eigenvalue weighted by Crippen LogP contribution is 2.36. The van der Waals surface area contributed by atoms with Crippen LogP contribution in [-0.2, 0) is 0 Å². The lowest BCUT2D eigenvalue weighted by molar-refractivity contribution is 0.0951. The van der Waals surface area contributed by atoms with Gasteiger partial charge < -0.3 is 10.6 Å². The number of rotatable bonds is 6. The van der Waals surface area contributed by atoms with E-state index in [0.717, 1.165) is 31.2 Å². The number of amides is 1. The zero-order chi connectivity index (χ0) is 13.0. The second kappa shape index (κ2) is 5.85. The minimum atomic E-state index is -0.0244. The van der Waals surface area contributed by atoms with E-state index in [1.165, 1.54) is 6.42 Å². The molecule has 2 atom stereocenters. The standard InChI is InChI=1S/C14H21N3O/c1-3-6-15-13-5-4-11(8-16-13)14(18)17-9-12-7-10(12)2/h4-5,8,10,12H,3,6-7,9H2,1-2H3,(H,15,16)(H,17,18). The number of carbonyl (C=O) groups is 1. The number of pyridine rings is 1. The molecule has 1 saturated carbocycles. The Morgan fingerprint density at radius 2 is 2.28 bits per heavy atom. The first-order valence-electron chi connectivity index (χ1n) is 6.68. The molecule has 0 bridgehead atoms. The summed E-state index contributed by atoms with van der Waals surface area (Å²) in [6, 6.07) is 3.67. The minimum Gasteiger partial charge on any atom is -0.370 e. The second-order valence-electron chi connectivity index (χ2n) is 5.04. The number of hydrogen-bond donors (Lipinski definition) is 2. The third kappa shape index (κ3) is 3.45. The predicted molar refractivity (Wildman–Crippen MR) is 72.6 cm³/mol. The Labute approximate surface area is 108 Å². The van der Waals surface area contributed by atoms with Crippen LogP contribution in [0.3, 0.4) is 0 Å². The Hall–Kier alpha value is -1.58. The lowest BCUT2D eigenvalue weighted by Gasteiger charge is -2.06. The molecule has 1 heterocycles. The molecule has 1 amide bonds. The number of nitrogens with one attached hydrogen (secondary N) is 2. The summed E-state index contributed by atoms with van der Waals surface area (Å²) < 4.78 is 0. The van der Waals surface area contributed by atoms with E-state index in [1.54, 1.807) is 6.20 Å². The fourth-order valence-corrected chi connectivity index (χ4v) is 1.90. The largest absolute Gasteiger partial charge is 0.370 e. The molecular weight excluding hydrogens is 226 g/mol. The molecule has 1 aliphatic rings. The highest BCUT2D eigenvalue weighted by Gasteiger charge is 2.32. The van der Waals surface area contributed by atoms with E-state index >= 15 is 0 Å². The fourth-order valence-electron chi connectivity index (χ4n) is 1.90. The number of aromatic nitrogens is 1. The van der Waals surface area contributed by atoms with Gasteiger partial charge in [-0.05, 0) is 36.8 Å². The first-order chi connectivity index (χ1) is 8.70. The first kappa shape index (κ1) is 12.9. The topological polar surface area (TPSA) is 54.0 Å². The van der Waals surface area contributed by atoms with Gasteiger partial charge in [0.05, 0.1) is 5.56 Å². The molecule has 1 aliphatic carbocycles. The van der Waals surface area contributed by atoms with E-state index in [1.807, 2.05) is 12.1 Å². The van der Waals surface area contributed by atoms with E-state index < -0.39 is 0 Å². The molecule has 2 N–H and O–H groups in total. The van der Waals surface area contributed by atoms with Crippen LogP contribution in [0.2, 0.25) is 0 Å². The van der Waals surface area contributed by atoms with E-state index in [9.17, 15) is 4.79 Å². The second-order valence-corrected chi connectivity index (χ2v) is 5.04. The van der Waals surface area contributed by atoms with Gasteiger partial charge in [-0.3, -0.25) is 4.79 Å². The summed E-state index contributed by atoms with van der Waals surface area (Å²) in [6.07, 6.45) is 3.92.